The molecular weight excluding hydrogens is 304 g/mol. The van der Waals surface area contributed by atoms with Crippen LogP contribution in [0.2, 0.25) is 0 Å². The Morgan fingerprint density at radius 3 is 2.82 bits per heavy atom. The van der Waals surface area contributed by atoms with Crippen LogP contribution in [0.5, 0.6) is 0 Å². The van der Waals surface area contributed by atoms with Crippen LogP contribution in [0.25, 0.3) is 0 Å². The zero-order valence-electron chi connectivity index (χ0n) is 11.8. The number of hydrogen-bond acceptors (Lipinski definition) is 4. The molecule has 116 valence electrons. The van der Waals surface area contributed by atoms with Gasteiger partial charge in [0.1, 0.15) is 0 Å². The summed E-state index contributed by atoms with van der Waals surface area (Å²) in [7, 11) is -3.58. The Bertz CT molecular complexity index is 753. The second-order valence-electron chi connectivity index (χ2n) is 5.88. The quantitative estimate of drug-likeness (QED) is 0.902. The molecule has 2 heterocycles. The van der Waals surface area contributed by atoms with Crippen LogP contribution in [0, 0.1) is 17.2 Å². The molecule has 0 radical (unpaired) electrons. The van der Waals surface area contributed by atoms with Crippen LogP contribution >= 0.6 is 0 Å². The standard InChI is InChI=1S/C15H16N2O4S/c16-8-10-2-1-3-11(6-10)9-22(20,21)17-12-4-5-14(17)13(7-12)15(18)19/h1-3,6,12-14H,4-5,7,9H2,(H,18,19). The number of carboxylic acids is 1. The van der Waals surface area contributed by atoms with Gasteiger partial charge in [-0.05, 0) is 37.0 Å². The Morgan fingerprint density at radius 2 is 2.18 bits per heavy atom. The summed E-state index contributed by atoms with van der Waals surface area (Å²) in [6, 6.07) is 7.87. The first-order chi connectivity index (χ1) is 10.4. The summed E-state index contributed by atoms with van der Waals surface area (Å²) in [5.74, 6) is -1.71. The molecule has 0 aliphatic carbocycles. The van der Waals surface area contributed by atoms with E-state index in [1.807, 2.05) is 6.07 Å². The fourth-order valence-corrected chi connectivity index (χ4v) is 5.71. The second-order valence-corrected chi connectivity index (χ2v) is 7.75. The maximum absolute atomic E-state index is 12.7. The highest BCUT2D eigenvalue weighted by atomic mass is 32.2. The monoisotopic (exact) mass is 320 g/mol. The van der Waals surface area contributed by atoms with Crippen molar-refractivity contribution < 1.29 is 18.3 Å². The molecule has 2 saturated heterocycles. The van der Waals surface area contributed by atoms with E-state index in [9.17, 15) is 18.3 Å². The highest BCUT2D eigenvalue weighted by Gasteiger charge is 2.53. The van der Waals surface area contributed by atoms with Gasteiger partial charge in [0.15, 0.2) is 0 Å². The molecular formula is C15H16N2O4S. The predicted molar refractivity (Wildman–Crippen MR) is 78.2 cm³/mol. The average Bonchev–Trinajstić information content (AvgIpc) is 3.05. The predicted octanol–water partition coefficient (Wildman–Crippen LogP) is 1.33. The van der Waals surface area contributed by atoms with Crippen LogP contribution in [0.3, 0.4) is 0 Å². The normalized spacial score (nSPS) is 27.7. The molecule has 3 unspecified atom stereocenters. The minimum atomic E-state index is -3.58. The lowest BCUT2D eigenvalue weighted by Gasteiger charge is -2.22. The summed E-state index contributed by atoms with van der Waals surface area (Å²) < 4.78 is 26.8. The fraction of sp³-hybridized carbons (Fsp3) is 0.467. The Hall–Kier alpha value is -1.91. The first-order valence-electron chi connectivity index (χ1n) is 7.15. The number of nitrogens with zero attached hydrogens (tertiary/aromatic N) is 2. The molecule has 1 N–H and O–H groups in total. The van der Waals surface area contributed by atoms with E-state index in [0.29, 0.717) is 24.0 Å². The van der Waals surface area contributed by atoms with Crippen molar-refractivity contribution >= 4 is 16.0 Å². The minimum absolute atomic E-state index is 0.193. The fourth-order valence-electron chi connectivity index (χ4n) is 3.65. The number of benzene rings is 1. The van der Waals surface area contributed by atoms with Gasteiger partial charge in [-0.3, -0.25) is 4.79 Å². The number of nitriles is 1. The summed E-state index contributed by atoms with van der Waals surface area (Å²) >= 11 is 0. The minimum Gasteiger partial charge on any atom is -0.481 e. The van der Waals surface area contributed by atoms with E-state index < -0.39 is 28.0 Å². The number of carboxylic acid groups (broad SMARTS) is 1. The summed E-state index contributed by atoms with van der Waals surface area (Å²) in [6.45, 7) is 0. The number of aliphatic carboxylic acids is 1. The van der Waals surface area contributed by atoms with Gasteiger partial charge in [-0.25, -0.2) is 8.42 Å². The summed E-state index contributed by atoms with van der Waals surface area (Å²) in [5, 5.41) is 18.1. The molecule has 2 fully saturated rings. The van der Waals surface area contributed by atoms with Crippen LogP contribution in [0.15, 0.2) is 24.3 Å². The number of fused-ring (bicyclic) bond motifs is 2. The Morgan fingerprint density at radius 1 is 1.41 bits per heavy atom. The lowest BCUT2D eigenvalue weighted by molar-refractivity contribution is -0.142. The average molecular weight is 320 g/mol. The largest absolute Gasteiger partial charge is 0.481 e. The smallest absolute Gasteiger partial charge is 0.308 e. The van der Waals surface area contributed by atoms with Gasteiger partial charge >= 0.3 is 5.97 Å². The molecule has 2 aliphatic rings. The number of hydrogen-bond donors (Lipinski definition) is 1. The molecule has 3 rings (SSSR count). The highest BCUT2D eigenvalue weighted by molar-refractivity contribution is 7.88. The van der Waals surface area contributed by atoms with E-state index in [2.05, 4.69) is 0 Å². The molecule has 0 saturated carbocycles. The van der Waals surface area contributed by atoms with E-state index in [1.165, 1.54) is 4.31 Å². The molecule has 6 nitrogen and oxygen atoms in total. The third kappa shape index (κ3) is 2.49. The zero-order valence-corrected chi connectivity index (χ0v) is 12.7. The van der Waals surface area contributed by atoms with Crippen molar-refractivity contribution in [3.05, 3.63) is 35.4 Å². The third-order valence-corrected chi connectivity index (χ3v) is 6.43. The second kappa shape index (κ2) is 5.38. The molecule has 0 amide bonds. The van der Waals surface area contributed by atoms with Gasteiger partial charge < -0.3 is 5.11 Å². The van der Waals surface area contributed by atoms with Crippen LogP contribution in [-0.2, 0) is 20.6 Å². The molecule has 0 aromatic heterocycles. The summed E-state index contributed by atoms with van der Waals surface area (Å²) in [5.41, 5.74) is 0.970. The number of rotatable bonds is 4. The number of sulfonamides is 1. The van der Waals surface area contributed by atoms with Crippen molar-refractivity contribution in [3.63, 3.8) is 0 Å². The van der Waals surface area contributed by atoms with Crippen molar-refractivity contribution in [1.82, 2.24) is 4.31 Å². The van der Waals surface area contributed by atoms with Gasteiger partial charge in [0.05, 0.1) is 23.3 Å². The summed E-state index contributed by atoms with van der Waals surface area (Å²) in [6.07, 6.45) is 1.74. The Kier molecular flexibility index (Phi) is 3.67. The van der Waals surface area contributed by atoms with Gasteiger partial charge in [-0.15, -0.1) is 0 Å². The lowest BCUT2D eigenvalue weighted by Crippen LogP contribution is -2.38. The van der Waals surface area contributed by atoms with Crippen molar-refractivity contribution in [1.29, 1.82) is 5.26 Å². The molecule has 0 spiro atoms. The summed E-state index contributed by atoms with van der Waals surface area (Å²) in [4.78, 5) is 11.2. The van der Waals surface area contributed by atoms with Crippen LogP contribution in [0.4, 0.5) is 0 Å². The highest BCUT2D eigenvalue weighted by Crippen LogP contribution is 2.44. The zero-order chi connectivity index (χ0) is 15.9. The van der Waals surface area contributed by atoms with Gasteiger partial charge in [0.2, 0.25) is 10.0 Å². The van der Waals surface area contributed by atoms with Crippen LogP contribution < -0.4 is 0 Å². The van der Waals surface area contributed by atoms with E-state index in [0.717, 1.165) is 6.42 Å². The Labute approximate surface area is 129 Å². The molecule has 7 heteroatoms. The maximum Gasteiger partial charge on any atom is 0.308 e. The third-order valence-electron chi connectivity index (χ3n) is 4.52. The Balaban J connectivity index is 1.85. The van der Waals surface area contributed by atoms with E-state index in [1.54, 1.807) is 24.3 Å². The SMILES string of the molecule is N#Cc1cccc(CS(=O)(=O)N2C3CCC2C(C(=O)O)C3)c1. The molecule has 2 aliphatic heterocycles. The first-order valence-corrected chi connectivity index (χ1v) is 8.76. The lowest BCUT2D eigenvalue weighted by atomic mass is 9.89. The van der Waals surface area contributed by atoms with Gasteiger partial charge in [-0.2, -0.15) is 9.57 Å². The van der Waals surface area contributed by atoms with Crippen molar-refractivity contribution in [2.75, 3.05) is 0 Å². The first kappa shape index (κ1) is 15.0. The molecule has 3 atom stereocenters. The molecule has 2 bridgehead atoms. The topological polar surface area (TPSA) is 98.5 Å². The van der Waals surface area contributed by atoms with Crippen LogP contribution in [0.1, 0.15) is 30.4 Å². The molecule has 1 aromatic carbocycles. The van der Waals surface area contributed by atoms with Crippen LogP contribution in [-0.4, -0.2) is 35.9 Å². The van der Waals surface area contributed by atoms with E-state index >= 15 is 0 Å². The number of carbonyl (C=O) groups is 1. The van der Waals surface area contributed by atoms with Gasteiger partial charge in [-0.1, -0.05) is 12.1 Å². The van der Waals surface area contributed by atoms with E-state index in [4.69, 9.17) is 5.26 Å². The van der Waals surface area contributed by atoms with E-state index in [-0.39, 0.29) is 11.8 Å². The van der Waals surface area contributed by atoms with Gasteiger partial charge in [0.25, 0.3) is 0 Å². The van der Waals surface area contributed by atoms with Crippen molar-refractivity contribution in [2.24, 2.45) is 5.92 Å². The van der Waals surface area contributed by atoms with Gasteiger partial charge in [0, 0.05) is 12.1 Å². The van der Waals surface area contributed by atoms with Crippen molar-refractivity contribution in [2.45, 2.75) is 37.1 Å². The maximum atomic E-state index is 12.7. The molecule has 22 heavy (non-hydrogen) atoms. The van der Waals surface area contributed by atoms with Crippen molar-refractivity contribution in [3.8, 4) is 6.07 Å². The molecule has 1 aromatic rings.